The Morgan fingerprint density at radius 1 is 1.17 bits per heavy atom. The number of hydrogen-bond acceptors (Lipinski definition) is 6. The Kier molecular flexibility index (Phi) is 6.75. The molecule has 10 heteroatoms. The summed E-state index contributed by atoms with van der Waals surface area (Å²) >= 11 is 0. The van der Waals surface area contributed by atoms with Crippen molar-refractivity contribution in [2.45, 2.75) is 64.5 Å². The SMILES string of the molecule is CCCCc1cn(-c2ccnn2CCC)c(=O)n1CC1(c2cccc(-c3nnn[nH]3)c2)C=CN=CC1. The number of rotatable bonds is 10. The quantitative estimate of drug-likeness (QED) is 0.368. The maximum absolute atomic E-state index is 13.9. The topological polar surface area (TPSA) is 112 Å². The zero-order valence-corrected chi connectivity index (χ0v) is 20.7. The number of aryl methyl sites for hydroxylation is 2. The molecule has 1 aromatic carbocycles. The molecule has 0 aliphatic carbocycles. The first-order valence-electron chi connectivity index (χ1n) is 12.5. The summed E-state index contributed by atoms with van der Waals surface area (Å²) in [5, 5.41) is 18.8. The second-order valence-corrected chi connectivity index (χ2v) is 9.21. The molecule has 0 spiro atoms. The standard InChI is InChI=1S/C26H31N9O/c1-3-5-9-22-18-33(23-10-13-28-35(23)16-4-2)25(36)34(22)19-26(11-14-27-15-12-26)21-8-6-7-20(17-21)24-29-31-32-30-24/h6-8,10-11,13-15,17-18H,3-5,9,12,16,19H2,1-2H3,(H,29,30,31,32). The highest BCUT2D eigenvalue weighted by molar-refractivity contribution is 5.65. The molecule has 0 fully saturated rings. The highest BCUT2D eigenvalue weighted by Crippen LogP contribution is 2.35. The van der Waals surface area contributed by atoms with Crippen LogP contribution in [-0.4, -0.2) is 45.8 Å². The average molecular weight is 486 g/mol. The summed E-state index contributed by atoms with van der Waals surface area (Å²) in [5.41, 5.74) is 2.51. The molecule has 0 saturated carbocycles. The van der Waals surface area contributed by atoms with Crippen molar-refractivity contribution in [1.82, 2.24) is 39.5 Å². The number of hydrogen-bond donors (Lipinski definition) is 1. The van der Waals surface area contributed by atoms with Gasteiger partial charge in [-0.2, -0.15) is 5.10 Å². The van der Waals surface area contributed by atoms with Crippen molar-refractivity contribution in [3.05, 3.63) is 76.7 Å². The lowest BCUT2D eigenvalue weighted by Crippen LogP contribution is -2.37. The van der Waals surface area contributed by atoms with Gasteiger partial charge in [0.2, 0.25) is 0 Å². The maximum atomic E-state index is 13.9. The first kappa shape index (κ1) is 23.7. The molecule has 0 radical (unpaired) electrons. The van der Waals surface area contributed by atoms with E-state index in [4.69, 9.17) is 0 Å². The molecule has 1 unspecified atom stereocenters. The van der Waals surface area contributed by atoms with Crippen LogP contribution in [0.15, 0.2) is 64.8 Å². The summed E-state index contributed by atoms with van der Waals surface area (Å²) in [6.45, 7) is 5.54. The fraction of sp³-hybridized carbons (Fsp3) is 0.385. The minimum atomic E-state index is -0.439. The molecule has 1 aliphatic rings. The molecule has 4 aromatic rings. The van der Waals surface area contributed by atoms with Gasteiger partial charge in [0.1, 0.15) is 5.82 Å². The number of nitrogens with one attached hydrogen (secondary N) is 1. The van der Waals surface area contributed by atoms with Crippen molar-refractivity contribution in [3.63, 3.8) is 0 Å². The third-order valence-electron chi connectivity index (χ3n) is 6.76. The average Bonchev–Trinajstić information content (AvgIpc) is 3.66. The number of aromatic nitrogens is 8. The van der Waals surface area contributed by atoms with Crippen LogP contribution >= 0.6 is 0 Å². The zero-order chi connectivity index (χ0) is 25.0. The van der Waals surface area contributed by atoms with E-state index in [-0.39, 0.29) is 5.69 Å². The molecule has 0 bridgehead atoms. The summed E-state index contributed by atoms with van der Waals surface area (Å²) in [6.07, 6.45) is 14.1. The Morgan fingerprint density at radius 3 is 2.83 bits per heavy atom. The van der Waals surface area contributed by atoms with Gasteiger partial charge in [-0.3, -0.25) is 14.1 Å². The number of aliphatic imine (C=N–C) groups is 1. The molecule has 1 aliphatic heterocycles. The number of tetrazole rings is 1. The van der Waals surface area contributed by atoms with Crippen LogP contribution in [0.25, 0.3) is 17.2 Å². The van der Waals surface area contributed by atoms with Crippen LogP contribution in [-0.2, 0) is 24.9 Å². The predicted octanol–water partition coefficient (Wildman–Crippen LogP) is 3.69. The number of allylic oxidation sites excluding steroid dienone is 1. The van der Waals surface area contributed by atoms with Crippen LogP contribution in [0.3, 0.4) is 0 Å². The van der Waals surface area contributed by atoms with Crippen LogP contribution in [0.5, 0.6) is 0 Å². The molecule has 3 aromatic heterocycles. The van der Waals surface area contributed by atoms with E-state index in [2.05, 4.69) is 62.8 Å². The number of nitrogens with zero attached hydrogens (tertiary/aromatic N) is 8. The van der Waals surface area contributed by atoms with Gasteiger partial charge >= 0.3 is 5.69 Å². The highest BCUT2D eigenvalue weighted by Gasteiger charge is 2.33. The fourth-order valence-electron chi connectivity index (χ4n) is 4.82. The predicted molar refractivity (Wildman–Crippen MR) is 138 cm³/mol. The molecule has 0 amide bonds. The minimum absolute atomic E-state index is 0.0511. The third kappa shape index (κ3) is 4.46. The summed E-state index contributed by atoms with van der Waals surface area (Å²) in [6, 6.07) is 10.1. The molecular weight excluding hydrogens is 454 g/mol. The van der Waals surface area contributed by atoms with Gasteiger partial charge in [0.15, 0.2) is 5.82 Å². The lowest BCUT2D eigenvalue weighted by molar-refractivity contribution is 0.438. The zero-order valence-electron chi connectivity index (χ0n) is 20.7. The van der Waals surface area contributed by atoms with Crippen LogP contribution in [0, 0.1) is 0 Å². The normalized spacial score (nSPS) is 17.2. The minimum Gasteiger partial charge on any atom is -0.295 e. The maximum Gasteiger partial charge on any atom is 0.334 e. The highest BCUT2D eigenvalue weighted by atomic mass is 16.1. The summed E-state index contributed by atoms with van der Waals surface area (Å²) < 4.78 is 5.58. The smallest absolute Gasteiger partial charge is 0.295 e. The molecule has 5 rings (SSSR count). The van der Waals surface area contributed by atoms with Crippen LogP contribution in [0.4, 0.5) is 0 Å². The van der Waals surface area contributed by atoms with Gasteiger partial charge in [0.25, 0.3) is 0 Å². The van der Waals surface area contributed by atoms with Crippen molar-refractivity contribution in [1.29, 1.82) is 0 Å². The molecular formula is C26H31N9O. The number of benzene rings is 1. The number of unbranched alkanes of at least 4 members (excludes halogenated alkanes) is 1. The summed E-state index contributed by atoms with van der Waals surface area (Å²) in [5.74, 6) is 1.41. The number of imidazole rings is 1. The molecule has 0 saturated heterocycles. The van der Waals surface area contributed by atoms with Gasteiger partial charge in [0, 0.05) is 54.4 Å². The van der Waals surface area contributed by atoms with E-state index >= 15 is 0 Å². The van der Waals surface area contributed by atoms with Crippen molar-refractivity contribution >= 4 is 6.21 Å². The van der Waals surface area contributed by atoms with Crippen molar-refractivity contribution < 1.29 is 0 Å². The molecule has 186 valence electrons. The first-order valence-corrected chi connectivity index (χ1v) is 12.5. The van der Waals surface area contributed by atoms with Gasteiger partial charge in [-0.1, -0.05) is 44.5 Å². The second kappa shape index (κ2) is 10.3. The number of H-pyrrole nitrogens is 1. The molecule has 1 atom stereocenters. The monoisotopic (exact) mass is 485 g/mol. The fourth-order valence-corrected chi connectivity index (χ4v) is 4.82. The Bertz CT molecular complexity index is 1420. The van der Waals surface area contributed by atoms with E-state index in [0.717, 1.165) is 54.9 Å². The Morgan fingerprint density at radius 2 is 2.08 bits per heavy atom. The van der Waals surface area contributed by atoms with E-state index in [1.54, 1.807) is 10.8 Å². The van der Waals surface area contributed by atoms with E-state index in [9.17, 15) is 4.79 Å². The molecule has 4 heterocycles. The Labute approximate surface area is 209 Å². The van der Waals surface area contributed by atoms with Crippen molar-refractivity contribution in [3.8, 4) is 17.2 Å². The van der Waals surface area contributed by atoms with Crippen molar-refractivity contribution in [2.75, 3.05) is 0 Å². The lowest BCUT2D eigenvalue weighted by atomic mass is 9.76. The molecule has 1 N–H and O–H groups in total. The van der Waals surface area contributed by atoms with Crippen molar-refractivity contribution in [2.24, 2.45) is 4.99 Å². The largest absolute Gasteiger partial charge is 0.334 e. The molecule has 10 nitrogen and oxygen atoms in total. The van der Waals surface area contributed by atoms with Crippen LogP contribution in [0.2, 0.25) is 0 Å². The summed E-state index contributed by atoms with van der Waals surface area (Å²) in [4.78, 5) is 18.2. The summed E-state index contributed by atoms with van der Waals surface area (Å²) in [7, 11) is 0. The number of aromatic amines is 1. The Hall–Kier alpha value is -4.08. The molecule has 36 heavy (non-hydrogen) atoms. The van der Waals surface area contributed by atoms with Gasteiger partial charge in [-0.05, 0) is 47.7 Å². The van der Waals surface area contributed by atoms with E-state index < -0.39 is 5.41 Å². The van der Waals surface area contributed by atoms with E-state index in [0.29, 0.717) is 18.8 Å². The van der Waals surface area contributed by atoms with E-state index in [1.165, 1.54) is 0 Å². The van der Waals surface area contributed by atoms with Gasteiger partial charge in [-0.25, -0.2) is 14.6 Å². The van der Waals surface area contributed by atoms with Crippen LogP contribution < -0.4 is 5.69 Å². The van der Waals surface area contributed by atoms with E-state index in [1.807, 2.05) is 46.1 Å². The Balaban J connectivity index is 1.60. The first-order chi connectivity index (χ1) is 17.6. The van der Waals surface area contributed by atoms with Gasteiger partial charge < -0.3 is 0 Å². The van der Waals surface area contributed by atoms with Gasteiger partial charge in [-0.15, -0.1) is 5.10 Å². The van der Waals surface area contributed by atoms with Crippen LogP contribution in [0.1, 0.15) is 50.8 Å². The lowest BCUT2D eigenvalue weighted by Gasteiger charge is -2.32. The second-order valence-electron chi connectivity index (χ2n) is 9.21. The van der Waals surface area contributed by atoms with Gasteiger partial charge in [0.05, 0.1) is 6.20 Å². The third-order valence-corrected chi connectivity index (χ3v) is 6.76.